The first kappa shape index (κ1) is 20.9. The summed E-state index contributed by atoms with van der Waals surface area (Å²) in [5.74, 6) is 0.821. The van der Waals surface area contributed by atoms with Crippen LogP contribution in [0.2, 0.25) is 0 Å². The zero-order valence-electron chi connectivity index (χ0n) is 17.5. The summed E-state index contributed by atoms with van der Waals surface area (Å²) >= 11 is 0. The Balaban J connectivity index is 1.45. The summed E-state index contributed by atoms with van der Waals surface area (Å²) in [4.78, 5) is 5.68. The van der Waals surface area contributed by atoms with Crippen molar-refractivity contribution in [1.82, 2.24) is 9.88 Å². The molecule has 0 aliphatic carbocycles. The molecule has 2 heterocycles. The van der Waals surface area contributed by atoms with E-state index in [2.05, 4.69) is 40.2 Å². The Labute approximate surface area is 178 Å². The van der Waals surface area contributed by atoms with Crippen LogP contribution in [-0.2, 0) is 13.0 Å². The average Bonchev–Trinajstić information content (AvgIpc) is 3.25. The van der Waals surface area contributed by atoms with Gasteiger partial charge in [-0.05, 0) is 61.6 Å². The average molecular weight is 409 g/mol. The minimum atomic E-state index is -0.893. The fourth-order valence-corrected chi connectivity index (χ4v) is 4.27. The van der Waals surface area contributed by atoms with E-state index in [1.807, 2.05) is 24.4 Å². The Bertz CT molecular complexity index is 939. The van der Waals surface area contributed by atoms with Gasteiger partial charge in [-0.3, -0.25) is 4.90 Å². The molecule has 0 unspecified atom stereocenters. The van der Waals surface area contributed by atoms with E-state index in [4.69, 9.17) is 4.74 Å². The van der Waals surface area contributed by atoms with Crippen LogP contribution in [-0.4, -0.2) is 52.0 Å². The second kappa shape index (κ2) is 10.1. The molecular weight excluding hydrogens is 376 g/mol. The molecule has 160 valence electrons. The van der Waals surface area contributed by atoms with Crippen LogP contribution in [0.5, 0.6) is 5.75 Å². The number of hydrogen-bond acceptors (Lipinski definition) is 4. The quantitative estimate of drug-likeness (QED) is 0.602. The number of fused-ring (bicyclic) bond motifs is 2. The number of rotatable bonds is 2. The van der Waals surface area contributed by atoms with Gasteiger partial charge in [-0.25, -0.2) is 0 Å². The molecule has 0 amide bonds. The number of aromatic amines is 1. The van der Waals surface area contributed by atoms with Gasteiger partial charge >= 0.3 is 0 Å². The first-order chi connectivity index (χ1) is 14.7. The number of hydrogen-bond donors (Lipinski definition) is 3. The Morgan fingerprint density at radius 2 is 1.83 bits per heavy atom. The molecule has 0 saturated heterocycles. The minimum Gasteiger partial charge on any atom is -0.491 e. The summed E-state index contributed by atoms with van der Waals surface area (Å²) in [6.07, 6.45) is 5.17. The molecule has 1 aromatic heterocycles. The van der Waals surface area contributed by atoms with Crippen LogP contribution in [0.4, 0.5) is 0 Å². The fourth-order valence-electron chi connectivity index (χ4n) is 4.27. The number of ether oxygens (including phenoxy) is 1. The molecule has 2 aromatic carbocycles. The lowest BCUT2D eigenvalue weighted by Gasteiger charge is -2.26. The van der Waals surface area contributed by atoms with Crippen molar-refractivity contribution in [3.05, 3.63) is 65.9 Å². The highest BCUT2D eigenvalue weighted by Crippen LogP contribution is 2.23. The van der Waals surface area contributed by atoms with Crippen molar-refractivity contribution < 1.29 is 14.9 Å². The SMILES string of the molecule is O[C@@H]1COc2ccccc2CCCCCN(Cc2cccc3[nH]ccc23)CC[C@@H]1O. The molecule has 5 nitrogen and oxygen atoms in total. The molecule has 30 heavy (non-hydrogen) atoms. The maximum atomic E-state index is 10.5. The Morgan fingerprint density at radius 3 is 2.77 bits per heavy atom. The van der Waals surface area contributed by atoms with Gasteiger partial charge in [-0.15, -0.1) is 0 Å². The van der Waals surface area contributed by atoms with Crippen LogP contribution in [0.3, 0.4) is 0 Å². The number of benzene rings is 2. The Hall–Kier alpha value is -2.34. The summed E-state index contributed by atoms with van der Waals surface area (Å²) in [6, 6.07) is 16.5. The monoisotopic (exact) mass is 408 g/mol. The Kier molecular flexibility index (Phi) is 7.05. The van der Waals surface area contributed by atoms with Gasteiger partial charge in [0.25, 0.3) is 0 Å². The summed E-state index contributed by atoms with van der Waals surface area (Å²) < 4.78 is 5.85. The number of aliphatic hydroxyl groups excluding tert-OH is 2. The third kappa shape index (κ3) is 5.22. The molecule has 0 spiro atoms. The van der Waals surface area contributed by atoms with Crippen molar-refractivity contribution in [3.8, 4) is 5.75 Å². The third-order valence-corrected chi connectivity index (χ3v) is 6.07. The van der Waals surface area contributed by atoms with E-state index >= 15 is 0 Å². The van der Waals surface area contributed by atoms with E-state index in [0.717, 1.165) is 56.6 Å². The van der Waals surface area contributed by atoms with Gasteiger partial charge in [0.15, 0.2) is 0 Å². The summed E-state index contributed by atoms with van der Waals surface area (Å²) in [5, 5.41) is 22.2. The standard InChI is InChI=1S/C25H32N2O3/c28-23-13-16-27(17-20-9-6-10-22-21(20)12-14-26-22)15-5-1-2-7-19-8-3-4-11-25(19)30-18-24(23)29/h3-4,6,8-12,14,23-24,26,28-29H,1-2,5,7,13,15-18H2/t23-,24+/m0/s1. The second-order valence-corrected chi connectivity index (χ2v) is 8.28. The molecule has 1 aliphatic heterocycles. The molecule has 3 aromatic rings. The maximum Gasteiger partial charge on any atom is 0.122 e. The van der Waals surface area contributed by atoms with E-state index in [1.165, 1.54) is 16.5 Å². The number of aryl methyl sites for hydroxylation is 1. The highest BCUT2D eigenvalue weighted by molar-refractivity contribution is 5.82. The molecule has 0 fully saturated rings. The van der Waals surface area contributed by atoms with Crippen molar-refractivity contribution in [3.63, 3.8) is 0 Å². The summed E-state index contributed by atoms with van der Waals surface area (Å²) in [6.45, 7) is 2.69. The highest BCUT2D eigenvalue weighted by atomic mass is 16.5. The van der Waals surface area contributed by atoms with Crippen molar-refractivity contribution in [2.75, 3.05) is 19.7 Å². The van der Waals surface area contributed by atoms with Crippen LogP contribution in [0.15, 0.2) is 54.7 Å². The number of H-pyrrole nitrogens is 1. The van der Waals surface area contributed by atoms with Crippen LogP contribution < -0.4 is 4.74 Å². The predicted octanol–water partition coefficient (Wildman–Crippen LogP) is 3.89. The number of nitrogens with zero attached hydrogens (tertiary/aromatic N) is 1. The van der Waals surface area contributed by atoms with Gasteiger partial charge in [0.2, 0.25) is 0 Å². The number of nitrogens with one attached hydrogen (secondary N) is 1. The lowest BCUT2D eigenvalue weighted by Crippen LogP contribution is -2.36. The number of para-hydroxylation sites is 1. The van der Waals surface area contributed by atoms with Crippen molar-refractivity contribution in [2.45, 2.75) is 50.9 Å². The molecule has 4 rings (SSSR count). The molecule has 3 N–H and O–H groups in total. The van der Waals surface area contributed by atoms with E-state index in [-0.39, 0.29) is 6.61 Å². The predicted molar refractivity (Wildman–Crippen MR) is 120 cm³/mol. The van der Waals surface area contributed by atoms with Gasteiger partial charge in [-0.2, -0.15) is 0 Å². The normalized spacial score (nSPS) is 22.2. The fraction of sp³-hybridized carbons (Fsp3) is 0.440. The van der Waals surface area contributed by atoms with E-state index in [9.17, 15) is 10.2 Å². The van der Waals surface area contributed by atoms with Crippen LogP contribution in [0.1, 0.15) is 36.8 Å². The van der Waals surface area contributed by atoms with Crippen molar-refractivity contribution >= 4 is 10.9 Å². The number of aliphatic hydroxyl groups is 2. The van der Waals surface area contributed by atoms with Crippen LogP contribution in [0, 0.1) is 0 Å². The molecule has 0 bridgehead atoms. The highest BCUT2D eigenvalue weighted by Gasteiger charge is 2.20. The molecule has 0 saturated carbocycles. The summed E-state index contributed by atoms with van der Waals surface area (Å²) in [7, 11) is 0. The van der Waals surface area contributed by atoms with E-state index in [1.54, 1.807) is 0 Å². The van der Waals surface area contributed by atoms with E-state index < -0.39 is 12.2 Å². The van der Waals surface area contributed by atoms with Gasteiger partial charge in [0, 0.05) is 30.2 Å². The first-order valence-electron chi connectivity index (χ1n) is 11.0. The van der Waals surface area contributed by atoms with Gasteiger partial charge in [0.1, 0.15) is 18.5 Å². The lowest BCUT2D eigenvalue weighted by molar-refractivity contribution is -0.0163. The molecular formula is C25H32N2O3. The number of aromatic nitrogens is 1. The molecule has 0 radical (unpaired) electrons. The largest absolute Gasteiger partial charge is 0.491 e. The lowest BCUT2D eigenvalue weighted by atomic mass is 10.0. The van der Waals surface area contributed by atoms with Gasteiger partial charge in [0.05, 0.1) is 6.10 Å². The van der Waals surface area contributed by atoms with Crippen molar-refractivity contribution in [1.29, 1.82) is 0 Å². The van der Waals surface area contributed by atoms with Gasteiger partial charge in [-0.1, -0.05) is 36.8 Å². The van der Waals surface area contributed by atoms with Crippen LogP contribution in [0.25, 0.3) is 10.9 Å². The third-order valence-electron chi connectivity index (χ3n) is 6.07. The topological polar surface area (TPSA) is 68.7 Å². The molecule has 2 atom stereocenters. The first-order valence-corrected chi connectivity index (χ1v) is 11.0. The minimum absolute atomic E-state index is 0.112. The molecule has 1 aliphatic rings. The van der Waals surface area contributed by atoms with Gasteiger partial charge < -0.3 is 19.9 Å². The van der Waals surface area contributed by atoms with Crippen molar-refractivity contribution in [2.24, 2.45) is 0 Å². The smallest absolute Gasteiger partial charge is 0.122 e. The Morgan fingerprint density at radius 1 is 0.933 bits per heavy atom. The van der Waals surface area contributed by atoms with E-state index in [0.29, 0.717) is 6.42 Å². The van der Waals surface area contributed by atoms with Crippen LogP contribution >= 0.6 is 0 Å². The zero-order chi connectivity index (χ0) is 20.8. The molecule has 5 heteroatoms. The summed E-state index contributed by atoms with van der Waals surface area (Å²) in [5.41, 5.74) is 3.62. The zero-order valence-corrected chi connectivity index (χ0v) is 17.5. The maximum absolute atomic E-state index is 10.5. The second-order valence-electron chi connectivity index (χ2n) is 8.28.